The summed E-state index contributed by atoms with van der Waals surface area (Å²) in [7, 11) is 1.88. The van der Waals surface area contributed by atoms with Gasteiger partial charge in [0.15, 0.2) is 0 Å². The zero-order valence-electron chi connectivity index (χ0n) is 14.5. The van der Waals surface area contributed by atoms with Crippen molar-refractivity contribution in [2.45, 2.75) is 31.4 Å². The first-order valence-electron chi connectivity index (χ1n) is 8.84. The highest BCUT2D eigenvalue weighted by Gasteiger charge is 2.27. The highest BCUT2D eigenvalue weighted by molar-refractivity contribution is 5.74. The fourth-order valence-corrected chi connectivity index (χ4v) is 3.66. The van der Waals surface area contributed by atoms with Crippen LogP contribution in [-0.4, -0.2) is 56.5 Å². The molecule has 2 atom stereocenters. The lowest BCUT2D eigenvalue weighted by molar-refractivity contribution is -0.0155. The molecule has 0 bridgehead atoms. The van der Waals surface area contributed by atoms with Crippen LogP contribution in [0.2, 0.25) is 0 Å². The molecule has 2 aliphatic rings. The van der Waals surface area contributed by atoms with Gasteiger partial charge in [0.05, 0.1) is 19.3 Å². The van der Waals surface area contributed by atoms with Crippen LogP contribution in [-0.2, 0) is 18.3 Å². The van der Waals surface area contributed by atoms with Crippen LogP contribution in [0, 0.1) is 0 Å². The van der Waals surface area contributed by atoms with Gasteiger partial charge in [0, 0.05) is 56.8 Å². The molecule has 2 aliphatic heterocycles. The van der Waals surface area contributed by atoms with Gasteiger partial charge in [-0.3, -0.25) is 4.68 Å². The van der Waals surface area contributed by atoms with Gasteiger partial charge in [0.25, 0.3) is 0 Å². The Morgan fingerprint density at radius 2 is 2.36 bits per heavy atom. The van der Waals surface area contributed by atoms with E-state index in [-0.39, 0.29) is 12.1 Å². The number of aromatic nitrogens is 4. The van der Waals surface area contributed by atoms with Crippen molar-refractivity contribution in [1.82, 2.24) is 29.5 Å². The van der Waals surface area contributed by atoms with Crippen molar-refractivity contribution in [3.8, 4) is 0 Å². The SMILES string of the molecule is Cn1cc(C2CN(C(=O)NCC3CCCn4ccnc43)CCO2)cn1. The molecule has 2 aromatic rings. The monoisotopic (exact) mass is 344 g/mol. The Labute approximate surface area is 146 Å². The van der Waals surface area contributed by atoms with Crippen molar-refractivity contribution in [3.63, 3.8) is 0 Å². The normalized spacial score (nSPS) is 23.3. The molecule has 1 N–H and O–H groups in total. The predicted molar refractivity (Wildman–Crippen MR) is 91.1 cm³/mol. The van der Waals surface area contributed by atoms with Crippen molar-refractivity contribution in [3.05, 3.63) is 36.2 Å². The number of carbonyl (C=O) groups is 1. The predicted octanol–water partition coefficient (Wildman–Crippen LogP) is 1.28. The number of carbonyl (C=O) groups excluding carboxylic acids is 1. The maximum absolute atomic E-state index is 12.6. The largest absolute Gasteiger partial charge is 0.370 e. The smallest absolute Gasteiger partial charge is 0.317 e. The van der Waals surface area contributed by atoms with Gasteiger partial charge in [-0.05, 0) is 12.8 Å². The Kier molecular flexibility index (Phi) is 4.44. The van der Waals surface area contributed by atoms with Crippen molar-refractivity contribution in [2.24, 2.45) is 7.05 Å². The molecule has 134 valence electrons. The molecule has 2 unspecified atom stereocenters. The van der Waals surface area contributed by atoms with Gasteiger partial charge < -0.3 is 19.5 Å². The molecule has 0 aliphatic carbocycles. The third-order valence-corrected chi connectivity index (χ3v) is 5.01. The van der Waals surface area contributed by atoms with E-state index in [0.717, 1.165) is 30.8 Å². The van der Waals surface area contributed by atoms with Crippen molar-refractivity contribution in [1.29, 1.82) is 0 Å². The number of ether oxygens (including phenoxy) is 1. The number of amides is 2. The summed E-state index contributed by atoms with van der Waals surface area (Å²) in [4.78, 5) is 18.9. The first-order chi connectivity index (χ1) is 12.2. The quantitative estimate of drug-likeness (QED) is 0.910. The molecule has 8 nitrogen and oxygen atoms in total. The van der Waals surface area contributed by atoms with E-state index in [0.29, 0.717) is 32.2 Å². The van der Waals surface area contributed by atoms with Crippen LogP contribution >= 0.6 is 0 Å². The molecular weight excluding hydrogens is 320 g/mol. The van der Waals surface area contributed by atoms with Gasteiger partial charge in [-0.25, -0.2) is 9.78 Å². The average Bonchev–Trinajstić information content (AvgIpc) is 3.28. The Hall–Kier alpha value is -2.35. The summed E-state index contributed by atoms with van der Waals surface area (Å²) in [5.74, 6) is 1.38. The molecular formula is C17H24N6O2. The van der Waals surface area contributed by atoms with Crippen LogP contribution in [0.15, 0.2) is 24.8 Å². The molecule has 0 saturated carbocycles. The molecule has 0 aromatic carbocycles. The second-order valence-electron chi connectivity index (χ2n) is 6.76. The third kappa shape index (κ3) is 3.39. The second-order valence-corrected chi connectivity index (χ2v) is 6.76. The van der Waals surface area contributed by atoms with Crippen molar-refractivity contribution in [2.75, 3.05) is 26.2 Å². The Bertz CT molecular complexity index is 739. The summed E-state index contributed by atoms with van der Waals surface area (Å²) in [6, 6.07) is -0.0270. The highest BCUT2D eigenvalue weighted by Crippen LogP contribution is 2.25. The van der Waals surface area contributed by atoms with E-state index in [1.807, 2.05) is 30.5 Å². The van der Waals surface area contributed by atoms with Crippen LogP contribution < -0.4 is 5.32 Å². The lowest BCUT2D eigenvalue weighted by Crippen LogP contribution is -2.48. The zero-order valence-corrected chi connectivity index (χ0v) is 14.5. The van der Waals surface area contributed by atoms with Crippen LogP contribution in [0.4, 0.5) is 4.79 Å². The van der Waals surface area contributed by atoms with Crippen LogP contribution in [0.3, 0.4) is 0 Å². The number of morpholine rings is 1. The number of imidazole rings is 1. The van der Waals surface area contributed by atoms with E-state index in [1.165, 1.54) is 0 Å². The van der Waals surface area contributed by atoms with Gasteiger partial charge in [-0.15, -0.1) is 0 Å². The van der Waals surface area contributed by atoms with E-state index >= 15 is 0 Å². The molecule has 25 heavy (non-hydrogen) atoms. The van der Waals surface area contributed by atoms with E-state index in [1.54, 1.807) is 10.9 Å². The zero-order chi connectivity index (χ0) is 17.2. The highest BCUT2D eigenvalue weighted by atomic mass is 16.5. The third-order valence-electron chi connectivity index (χ3n) is 5.01. The summed E-state index contributed by atoms with van der Waals surface area (Å²) in [5, 5.41) is 7.27. The standard InChI is InChI=1S/C17H24N6O2/c1-21-11-14(10-20-21)15-12-23(7-8-25-15)17(24)19-9-13-3-2-5-22-6-4-18-16(13)22/h4,6,10-11,13,15H,2-3,5,7-9,12H2,1H3,(H,19,24). The minimum atomic E-state index is -0.109. The summed E-state index contributed by atoms with van der Waals surface area (Å²) in [5.41, 5.74) is 1.01. The van der Waals surface area contributed by atoms with Gasteiger partial charge in [-0.2, -0.15) is 5.10 Å². The molecule has 2 aromatic heterocycles. The van der Waals surface area contributed by atoms with Crippen molar-refractivity contribution >= 4 is 6.03 Å². The summed E-state index contributed by atoms with van der Waals surface area (Å²) in [6.45, 7) is 3.36. The van der Waals surface area contributed by atoms with E-state index in [2.05, 4.69) is 20.0 Å². The fraction of sp³-hybridized carbons (Fsp3) is 0.588. The van der Waals surface area contributed by atoms with Gasteiger partial charge in [0.1, 0.15) is 11.9 Å². The summed E-state index contributed by atoms with van der Waals surface area (Å²) >= 11 is 0. The number of nitrogens with one attached hydrogen (secondary N) is 1. The van der Waals surface area contributed by atoms with E-state index in [4.69, 9.17) is 4.74 Å². The number of urea groups is 1. The average molecular weight is 344 g/mol. The van der Waals surface area contributed by atoms with Crippen LogP contribution in [0.1, 0.15) is 36.3 Å². The Morgan fingerprint density at radius 1 is 1.44 bits per heavy atom. The maximum atomic E-state index is 12.6. The number of fused-ring (bicyclic) bond motifs is 1. The van der Waals surface area contributed by atoms with Gasteiger partial charge >= 0.3 is 6.03 Å². The van der Waals surface area contributed by atoms with Crippen molar-refractivity contribution < 1.29 is 9.53 Å². The number of nitrogens with zero attached hydrogens (tertiary/aromatic N) is 5. The Balaban J connectivity index is 1.34. The summed E-state index contributed by atoms with van der Waals surface area (Å²) in [6.07, 6.45) is 9.69. The van der Waals surface area contributed by atoms with Crippen LogP contribution in [0.5, 0.6) is 0 Å². The van der Waals surface area contributed by atoms with Gasteiger partial charge in [-0.1, -0.05) is 0 Å². The number of hydrogen-bond donors (Lipinski definition) is 1. The molecule has 2 amide bonds. The molecule has 1 saturated heterocycles. The maximum Gasteiger partial charge on any atom is 0.317 e. The first-order valence-corrected chi connectivity index (χ1v) is 8.84. The number of hydrogen-bond acceptors (Lipinski definition) is 4. The minimum Gasteiger partial charge on any atom is -0.370 e. The Morgan fingerprint density at radius 3 is 3.20 bits per heavy atom. The minimum absolute atomic E-state index is 0.0270. The second kappa shape index (κ2) is 6.87. The lowest BCUT2D eigenvalue weighted by atomic mass is 9.99. The van der Waals surface area contributed by atoms with E-state index in [9.17, 15) is 4.79 Å². The fourth-order valence-electron chi connectivity index (χ4n) is 3.66. The molecule has 8 heteroatoms. The molecule has 1 fully saturated rings. The molecule has 0 spiro atoms. The van der Waals surface area contributed by atoms with Gasteiger partial charge in [0.2, 0.25) is 0 Å². The topological polar surface area (TPSA) is 77.2 Å². The molecule has 4 rings (SSSR count). The number of rotatable bonds is 3. The lowest BCUT2D eigenvalue weighted by Gasteiger charge is -2.33. The molecule has 4 heterocycles. The van der Waals surface area contributed by atoms with E-state index < -0.39 is 0 Å². The van der Waals surface area contributed by atoms with Crippen LogP contribution in [0.25, 0.3) is 0 Å². The summed E-state index contributed by atoms with van der Waals surface area (Å²) < 4.78 is 9.74. The molecule has 0 radical (unpaired) electrons. The number of aryl methyl sites for hydroxylation is 2. The first kappa shape index (κ1) is 16.1.